The molecule has 4 nitrogen and oxygen atoms in total. The monoisotopic (exact) mass is 426 g/mol. The predicted octanol–water partition coefficient (Wildman–Crippen LogP) is 7.07. The van der Waals surface area contributed by atoms with Crippen molar-refractivity contribution in [2.75, 3.05) is 33.0 Å². The first-order chi connectivity index (χ1) is 14.8. The summed E-state index contributed by atoms with van der Waals surface area (Å²) in [6.07, 6.45) is 22.5. The van der Waals surface area contributed by atoms with Crippen molar-refractivity contribution < 1.29 is 19.3 Å². The van der Waals surface area contributed by atoms with E-state index in [1.165, 1.54) is 89.9 Å². The van der Waals surface area contributed by atoms with Crippen LogP contribution in [0, 0.1) is 6.92 Å². The topological polar surface area (TPSA) is 47.6 Å². The molecule has 0 spiro atoms. The van der Waals surface area contributed by atoms with E-state index in [0.29, 0.717) is 32.8 Å². The molecule has 0 N–H and O–H groups in total. The molecule has 1 fully saturated rings. The number of rotatable bonds is 18. The van der Waals surface area contributed by atoms with E-state index < -0.39 is 6.10 Å². The Labute approximate surface area is 187 Å². The van der Waals surface area contributed by atoms with Crippen LogP contribution in [0.25, 0.3) is 0 Å². The average molecular weight is 427 g/mol. The Balaban J connectivity index is 1.78. The Bertz CT molecular complexity index is 325. The molecule has 0 aromatic rings. The first-order valence-corrected chi connectivity index (χ1v) is 13.0. The SMILES string of the molecule is [CH2]CCCCCCCCCCCCCCCCCOC1CCOCC([O])CCOC1. The van der Waals surface area contributed by atoms with E-state index >= 15 is 0 Å². The van der Waals surface area contributed by atoms with Crippen LogP contribution in [0.15, 0.2) is 0 Å². The van der Waals surface area contributed by atoms with Gasteiger partial charge >= 0.3 is 0 Å². The Morgan fingerprint density at radius 2 is 1.10 bits per heavy atom. The van der Waals surface area contributed by atoms with E-state index in [2.05, 4.69) is 6.92 Å². The fraction of sp³-hybridized carbons (Fsp3) is 0.962. The highest BCUT2D eigenvalue weighted by atomic mass is 16.5. The summed E-state index contributed by atoms with van der Waals surface area (Å²) in [5, 5.41) is 11.5. The van der Waals surface area contributed by atoms with Gasteiger partial charge < -0.3 is 14.2 Å². The van der Waals surface area contributed by atoms with Crippen LogP contribution in [-0.2, 0) is 19.3 Å². The highest BCUT2D eigenvalue weighted by molar-refractivity contribution is 4.61. The molecule has 178 valence electrons. The second-order valence-corrected chi connectivity index (χ2v) is 9.00. The normalized spacial score (nSPS) is 21.0. The van der Waals surface area contributed by atoms with Crippen LogP contribution in [0.3, 0.4) is 0 Å². The van der Waals surface area contributed by atoms with Gasteiger partial charge in [0.25, 0.3) is 0 Å². The fourth-order valence-corrected chi connectivity index (χ4v) is 3.98. The maximum Gasteiger partial charge on any atom is 0.118 e. The molecule has 2 radical (unpaired) electrons. The summed E-state index contributed by atoms with van der Waals surface area (Å²) in [6, 6.07) is 0. The zero-order chi connectivity index (χ0) is 21.5. The fourth-order valence-electron chi connectivity index (χ4n) is 3.98. The number of hydrogen-bond donors (Lipinski definition) is 0. The number of ether oxygens (including phenoxy) is 3. The average Bonchev–Trinajstić information content (AvgIpc) is 2.75. The van der Waals surface area contributed by atoms with Gasteiger partial charge in [0.2, 0.25) is 0 Å². The Hall–Kier alpha value is -0.160. The summed E-state index contributed by atoms with van der Waals surface area (Å²) in [6.45, 7) is 6.73. The van der Waals surface area contributed by atoms with Gasteiger partial charge in [0.15, 0.2) is 0 Å². The Morgan fingerprint density at radius 1 is 0.633 bits per heavy atom. The molecule has 0 saturated carbocycles. The lowest BCUT2D eigenvalue weighted by molar-refractivity contribution is -0.0738. The quantitative estimate of drug-likeness (QED) is 0.220. The maximum atomic E-state index is 11.5. The first kappa shape index (κ1) is 27.9. The first-order valence-electron chi connectivity index (χ1n) is 13.0. The van der Waals surface area contributed by atoms with E-state index in [9.17, 15) is 5.11 Å². The van der Waals surface area contributed by atoms with Crippen LogP contribution in [0.5, 0.6) is 0 Å². The van der Waals surface area contributed by atoms with Gasteiger partial charge in [-0.3, -0.25) is 0 Å². The van der Waals surface area contributed by atoms with Crippen molar-refractivity contribution in [1.29, 1.82) is 0 Å². The molecule has 0 bridgehead atoms. The van der Waals surface area contributed by atoms with Crippen molar-refractivity contribution in [2.24, 2.45) is 0 Å². The Kier molecular flexibility index (Phi) is 20.5. The third-order valence-electron chi connectivity index (χ3n) is 6.02. The molecular weight excluding hydrogens is 376 g/mol. The van der Waals surface area contributed by atoms with Crippen LogP contribution in [0.1, 0.15) is 116 Å². The summed E-state index contributed by atoms with van der Waals surface area (Å²) in [7, 11) is 0. The minimum absolute atomic E-state index is 0.113. The molecule has 4 heteroatoms. The molecule has 0 aromatic heterocycles. The highest BCUT2D eigenvalue weighted by Crippen LogP contribution is 2.14. The summed E-state index contributed by atoms with van der Waals surface area (Å²) < 4.78 is 17.0. The van der Waals surface area contributed by atoms with Gasteiger partial charge in [-0.1, -0.05) is 103 Å². The van der Waals surface area contributed by atoms with Crippen LogP contribution >= 0.6 is 0 Å². The largest absolute Gasteiger partial charge is 0.379 e. The molecule has 1 heterocycles. The van der Waals surface area contributed by atoms with Gasteiger partial charge in [-0.05, 0) is 12.8 Å². The standard InChI is InChI=1S/C26H50O4/c1-2-3-4-5-6-7-8-9-10-11-12-13-14-15-16-17-20-30-26-19-22-28-23-25(27)18-21-29-24-26/h25-26H,1-24H2. The van der Waals surface area contributed by atoms with Crippen LogP contribution < -0.4 is 0 Å². The van der Waals surface area contributed by atoms with Crippen molar-refractivity contribution in [1.82, 2.24) is 0 Å². The van der Waals surface area contributed by atoms with E-state index in [4.69, 9.17) is 14.2 Å². The van der Waals surface area contributed by atoms with Gasteiger partial charge in [-0.25, -0.2) is 5.11 Å². The molecule has 2 unspecified atom stereocenters. The molecule has 0 aliphatic carbocycles. The zero-order valence-electron chi connectivity index (χ0n) is 19.8. The second kappa shape index (κ2) is 22.0. The van der Waals surface area contributed by atoms with E-state index in [1.54, 1.807) is 0 Å². The second-order valence-electron chi connectivity index (χ2n) is 9.00. The van der Waals surface area contributed by atoms with Gasteiger partial charge in [0, 0.05) is 26.2 Å². The lowest BCUT2D eigenvalue weighted by Crippen LogP contribution is -2.27. The minimum Gasteiger partial charge on any atom is -0.379 e. The van der Waals surface area contributed by atoms with Crippen molar-refractivity contribution in [3.8, 4) is 0 Å². The van der Waals surface area contributed by atoms with Crippen LogP contribution in [0.4, 0.5) is 0 Å². The number of hydrogen-bond acceptors (Lipinski definition) is 3. The summed E-state index contributed by atoms with van der Waals surface area (Å²) in [5.74, 6) is 0. The summed E-state index contributed by atoms with van der Waals surface area (Å²) >= 11 is 0. The molecule has 0 amide bonds. The molecule has 2 atom stereocenters. The third kappa shape index (κ3) is 18.6. The van der Waals surface area contributed by atoms with Crippen molar-refractivity contribution in [3.63, 3.8) is 0 Å². The summed E-state index contributed by atoms with van der Waals surface area (Å²) in [5.41, 5.74) is 0. The van der Waals surface area contributed by atoms with Gasteiger partial charge in [-0.15, -0.1) is 0 Å². The third-order valence-corrected chi connectivity index (χ3v) is 6.02. The molecule has 1 rings (SSSR count). The van der Waals surface area contributed by atoms with Crippen molar-refractivity contribution in [2.45, 2.75) is 128 Å². The molecular formula is C26H50O4. The molecule has 1 aliphatic rings. The van der Waals surface area contributed by atoms with Crippen molar-refractivity contribution >= 4 is 0 Å². The molecule has 30 heavy (non-hydrogen) atoms. The molecule has 1 saturated heterocycles. The van der Waals surface area contributed by atoms with E-state index in [0.717, 1.165) is 25.9 Å². The molecule has 1 aliphatic heterocycles. The van der Waals surface area contributed by atoms with Crippen LogP contribution in [0.2, 0.25) is 0 Å². The smallest absolute Gasteiger partial charge is 0.118 e. The lowest BCUT2D eigenvalue weighted by atomic mass is 10.0. The zero-order valence-corrected chi connectivity index (χ0v) is 19.8. The number of unbranched alkanes of at least 4 members (excludes halogenated alkanes) is 15. The van der Waals surface area contributed by atoms with E-state index in [1.807, 2.05) is 0 Å². The minimum atomic E-state index is -0.647. The van der Waals surface area contributed by atoms with Gasteiger partial charge in [-0.2, -0.15) is 0 Å². The van der Waals surface area contributed by atoms with Gasteiger partial charge in [0.05, 0.1) is 19.3 Å². The van der Waals surface area contributed by atoms with Gasteiger partial charge in [0.1, 0.15) is 6.10 Å². The predicted molar refractivity (Wildman–Crippen MR) is 124 cm³/mol. The van der Waals surface area contributed by atoms with Crippen LogP contribution in [-0.4, -0.2) is 45.2 Å². The van der Waals surface area contributed by atoms with E-state index in [-0.39, 0.29) is 6.10 Å². The lowest BCUT2D eigenvalue weighted by Gasteiger charge is -2.20. The molecule has 0 aromatic carbocycles. The summed E-state index contributed by atoms with van der Waals surface area (Å²) in [4.78, 5) is 0. The highest BCUT2D eigenvalue weighted by Gasteiger charge is 2.14. The maximum absolute atomic E-state index is 11.5. The Morgan fingerprint density at radius 3 is 1.67 bits per heavy atom. The van der Waals surface area contributed by atoms with Crippen molar-refractivity contribution in [3.05, 3.63) is 6.92 Å².